The van der Waals surface area contributed by atoms with E-state index < -0.39 is 5.97 Å². The lowest BCUT2D eigenvalue weighted by molar-refractivity contribution is -0.138. The minimum Gasteiger partial charge on any atom is -0.460 e. The summed E-state index contributed by atoms with van der Waals surface area (Å²) in [6.07, 6.45) is 1.05. The van der Waals surface area contributed by atoms with Crippen LogP contribution in [-0.4, -0.2) is 24.3 Å². The zero-order valence-corrected chi connectivity index (χ0v) is 7.67. The van der Waals surface area contributed by atoms with Gasteiger partial charge >= 0.3 is 5.97 Å². The molecule has 0 aliphatic rings. The monoisotopic (exact) mass is 172 g/mol. The van der Waals surface area contributed by atoms with Crippen molar-refractivity contribution >= 4 is 5.97 Å². The molecule has 70 valence electrons. The average Bonchev–Trinajstić information content (AvgIpc) is 1.99. The first-order chi connectivity index (χ1) is 5.54. The Kier molecular flexibility index (Phi) is 11.1. The van der Waals surface area contributed by atoms with E-state index in [4.69, 9.17) is 5.11 Å². The molecule has 0 aromatic carbocycles. The molecule has 0 rings (SSSR count). The lowest BCUT2D eigenvalue weighted by atomic mass is 10.4. The quantitative estimate of drug-likeness (QED) is 0.396. The van der Waals surface area contributed by atoms with Crippen molar-refractivity contribution in [3.05, 3.63) is 24.8 Å². The molecule has 0 radical (unpaired) electrons. The first-order valence-electron chi connectivity index (χ1n) is 3.56. The highest BCUT2D eigenvalue weighted by atomic mass is 16.5. The van der Waals surface area contributed by atoms with E-state index in [9.17, 15) is 4.79 Å². The molecule has 0 saturated heterocycles. The van der Waals surface area contributed by atoms with Crippen LogP contribution in [0.1, 0.15) is 13.8 Å². The van der Waals surface area contributed by atoms with Crippen molar-refractivity contribution in [2.45, 2.75) is 13.8 Å². The first kappa shape index (κ1) is 13.5. The van der Waals surface area contributed by atoms with Gasteiger partial charge in [-0.05, 0) is 13.8 Å². The van der Waals surface area contributed by atoms with Crippen LogP contribution in [0.3, 0.4) is 0 Å². The zero-order chi connectivity index (χ0) is 9.98. The maximum absolute atomic E-state index is 10.1. The smallest absolute Gasteiger partial charge is 0.330 e. The van der Waals surface area contributed by atoms with E-state index in [2.05, 4.69) is 17.9 Å². The molecule has 0 spiro atoms. The topological polar surface area (TPSA) is 46.5 Å². The van der Waals surface area contributed by atoms with Gasteiger partial charge in [-0.3, -0.25) is 0 Å². The molecule has 0 aliphatic heterocycles. The fourth-order valence-electron chi connectivity index (χ4n) is 0.205. The summed E-state index contributed by atoms with van der Waals surface area (Å²) in [5.41, 5.74) is 1.17. The molecule has 12 heavy (non-hydrogen) atoms. The molecular formula is C9H16O3. The number of hydrogen-bond donors (Lipinski definition) is 1. The lowest BCUT2D eigenvalue weighted by Gasteiger charge is -1.94. The number of aliphatic hydroxyl groups is 1. The van der Waals surface area contributed by atoms with Crippen molar-refractivity contribution in [1.29, 1.82) is 0 Å². The minimum absolute atomic E-state index is 0.0465. The van der Waals surface area contributed by atoms with Crippen LogP contribution in [-0.2, 0) is 9.53 Å². The Labute approximate surface area is 73.4 Å². The predicted octanol–water partition coefficient (Wildman–Crippen LogP) is 1.29. The van der Waals surface area contributed by atoms with Crippen LogP contribution in [0.4, 0.5) is 0 Å². The van der Waals surface area contributed by atoms with Crippen molar-refractivity contribution in [3.8, 4) is 0 Å². The molecule has 3 heteroatoms. The number of allylic oxidation sites excluding steroid dienone is 1. The van der Waals surface area contributed by atoms with Crippen LogP contribution >= 0.6 is 0 Å². The lowest BCUT2D eigenvalue weighted by Crippen LogP contribution is -2.04. The van der Waals surface area contributed by atoms with Gasteiger partial charge in [-0.2, -0.15) is 0 Å². The summed E-state index contributed by atoms with van der Waals surface area (Å²) in [5.74, 6) is -0.501. The van der Waals surface area contributed by atoms with Gasteiger partial charge < -0.3 is 9.84 Å². The van der Waals surface area contributed by atoms with E-state index >= 15 is 0 Å². The SMILES string of the molecule is C=C(C)C.C=CC(=O)OCCO. The van der Waals surface area contributed by atoms with Gasteiger partial charge in [0.2, 0.25) is 0 Å². The van der Waals surface area contributed by atoms with E-state index in [0.29, 0.717) is 0 Å². The van der Waals surface area contributed by atoms with Gasteiger partial charge in [-0.15, -0.1) is 6.58 Å². The van der Waals surface area contributed by atoms with Gasteiger partial charge in [0.1, 0.15) is 6.61 Å². The Morgan fingerprint density at radius 1 is 1.58 bits per heavy atom. The molecule has 0 atom stereocenters. The average molecular weight is 172 g/mol. The summed E-state index contributed by atoms with van der Waals surface area (Å²) in [5, 5.41) is 8.10. The Bertz CT molecular complexity index is 146. The molecule has 0 aromatic rings. The van der Waals surface area contributed by atoms with E-state index in [0.717, 1.165) is 6.08 Å². The Balaban J connectivity index is 0. The number of ether oxygens (including phenoxy) is 1. The van der Waals surface area contributed by atoms with Crippen LogP contribution in [0.2, 0.25) is 0 Å². The Morgan fingerprint density at radius 3 is 2.25 bits per heavy atom. The second-order valence-electron chi connectivity index (χ2n) is 2.30. The molecule has 0 heterocycles. The molecule has 0 aromatic heterocycles. The number of carbonyl (C=O) groups excluding carboxylic acids is 1. The van der Waals surface area contributed by atoms with Crippen LogP contribution in [0.25, 0.3) is 0 Å². The minimum atomic E-state index is -0.501. The molecule has 0 aliphatic carbocycles. The van der Waals surface area contributed by atoms with E-state index in [1.54, 1.807) is 0 Å². The van der Waals surface area contributed by atoms with E-state index in [1.165, 1.54) is 5.57 Å². The molecule has 3 nitrogen and oxygen atoms in total. The molecular weight excluding hydrogens is 156 g/mol. The van der Waals surface area contributed by atoms with Gasteiger partial charge in [0, 0.05) is 6.08 Å². The maximum Gasteiger partial charge on any atom is 0.330 e. The van der Waals surface area contributed by atoms with Crippen molar-refractivity contribution in [1.82, 2.24) is 0 Å². The summed E-state index contributed by atoms with van der Waals surface area (Å²) >= 11 is 0. The second kappa shape index (κ2) is 9.91. The van der Waals surface area contributed by atoms with Crippen molar-refractivity contribution in [2.24, 2.45) is 0 Å². The molecule has 1 N–H and O–H groups in total. The summed E-state index contributed by atoms with van der Waals surface area (Å²) in [6.45, 7) is 10.6. The summed E-state index contributed by atoms with van der Waals surface area (Å²) in [4.78, 5) is 10.1. The number of carbonyl (C=O) groups is 1. The summed E-state index contributed by atoms with van der Waals surface area (Å²) in [6, 6.07) is 0. The summed E-state index contributed by atoms with van der Waals surface area (Å²) < 4.78 is 4.33. The first-order valence-corrected chi connectivity index (χ1v) is 3.56. The van der Waals surface area contributed by atoms with Crippen molar-refractivity contribution in [3.63, 3.8) is 0 Å². The standard InChI is InChI=1S/C5H8O3.C4H8/c1-2-5(7)8-4-3-6;1-4(2)3/h2,6H,1,3-4H2;1H2,2-3H3. The number of rotatable bonds is 3. The number of hydrogen-bond acceptors (Lipinski definition) is 3. The van der Waals surface area contributed by atoms with Crippen molar-refractivity contribution in [2.75, 3.05) is 13.2 Å². The highest BCUT2D eigenvalue weighted by Gasteiger charge is 1.90. The maximum atomic E-state index is 10.1. The second-order valence-corrected chi connectivity index (χ2v) is 2.30. The van der Waals surface area contributed by atoms with Crippen LogP contribution in [0, 0.1) is 0 Å². The van der Waals surface area contributed by atoms with Crippen LogP contribution in [0.15, 0.2) is 24.8 Å². The van der Waals surface area contributed by atoms with Crippen LogP contribution in [0.5, 0.6) is 0 Å². The predicted molar refractivity (Wildman–Crippen MR) is 48.7 cm³/mol. The molecule has 0 fully saturated rings. The highest BCUT2D eigenvalue weighted by molar-refractivity contribution is 5.81. The Morgan fingerprint density at radius 2 is 2.00 bits per heavy atom. The normalized spacial score (nSPS) is 7.58. The fraction of sp³-hybridized carbons (Fsp3) is 0.444. The van der Waals surface area contributed by atoms with Crippen molar-refractivity contribution < 1.29 is 14.6 Å². The molecule has 0 amide bonds. The third-order valence-electron chi connectivity index (χ3n) is 0.502. The van der Waals surface area contributed by atoms with Gasteiger partial charge in [-0.1, -0.05) is 12.2 Å². The highest BCUT2D eigenvalue weighted by Crippen LogP contribution is 1.75. The van der Waals surface area contributed by atoms with E-state index in [-0.39, 0.29) is 13.2 Å². The van der Waals surface area contributed by atoms with Crippen LogP contribution < -0.4 is 0 Å². The third kappa shape index (κ3) is 23.1. The van der Waals surface area contributed by atoms with Gasteiger partial charge in [0.25, 0.3) is 0 Å². The van der Waals surface area contributed by atoms with Gasteiger partial charge in [-0.25, -0.2) is 4.79 Å². The largest absolute Gasteiger partial charge is 0.460 e. The molecule has 0 bridgehead atoms. The fourth-order valence-corrected chi connectivity index (χ4v) is 0.205. The van der Waals surface area contributed by atoms with Gasteiger partial charge in [0.05, 0.1) is 6.61 Å². The van der Waals surface area contributed by atoms with E-state index in [1.807, 2.05) is 13.8 Å². The molecule has 0 saturated carbocycles. The van der Waals surface area contributed by atoms with Gasteiger partial charge in [0.15, 0.2) is 0 Å². The number of esters is 1. The Hall–Kier alpha value is -1.09. The number of aliphatic hydroxyl groups excluding tert-OH is 1. The third-order valence-corrected chi connectivity index (χ3v) is 0.502. The summed E-state index contributed by atoms with van der Waals surface area (Å²) in [7, 11) is 0. The zero-order valence-electron chi connectivity index (χ0n) is 7.67. The molecule has 0 unspecified atom stereocenters.